The maximum absolute atomic E-state index is 12.8. The highest BCUT2D eigenvalue weighted by Gasteiger charge is 2.11. The molecule has 4 aromatic rings. The van der Waals surface area contributed by atoms with Gasteiger partial charge in [-0.1, -0.05) is 12.1 Å². The van der Waals surface area contributed by atoms with Crippen LogP contribution in [0.25, 0.3) is 10.9 Å². The van der Waals surface area contributed by atoms with Crippen molar-refractivity contribution in [2.45, 2.75) is 40.3 Å². The molecule has 4 rings (SSSR count). The van der Waals surface area contributed by atoms with Gasteiger partial charge in [0.1, 0.15) is 5.82 Å². The molecule has 1 aromatic carbocycles. The average molecular weight is 469 g/mol. The number of nitrogens with two attached hydrogens (primary N) is 1. The smallest absolute Gasteiger partial charge is 0.251 e. The quantitative estimate of drug-likeness (QED) is 0.382. The van der Waals surface area contributed by atoms with Gasteiger partial charge in [0.25, 0.3) is 5.91 Å². The van der Waals surface area contributed by atoms with Gasteiger partial charge in [-0.15, -0.1) is 0 Å². The molecule has 8 heteroatoms. The first kappa shape index (κ1) is 23.8. The van der Waals surface area contributed by atoms with Crippen molar-refractivity contribution >= 4 is 28.5 Å². The Morgan fingerprint density at radius 2 is 1.74 bits per heavy atom. The summed E-state index contributed by atoms with van der Waals surface area (Å²) in [6.45, 7) is 6.11. The predicted molar refractivity (Wildman–Crippen MR) is 136 cm³/mol. The minimum absolute atomic E-state index is 0.0851. The zero-order valence-corrected chi connectivity index (χ0v) is 20.1. The summed E-state index contributed by atoms with van der Waals surface area (Å²) in [5.74, 6) is 0.223. The molecular weight excluding hydrogens is 440 g/mol. The van der Waals surface area contributed by atoms with Gasteiger partial charge in [-0.05, 0) is 66.9 Å². The second kappa shape index (κ2) is 10.3. The molecule has 3 heterocycles. The summed E-state index contributed by atoms with van der Waals surface area (Å²) in [5.41, 5.74) is 12.7. The number of hydrogen-bond donors (Lipinski definition) is 3. The highest BCUT2D eigenvalue weighted by molar-refractivity contribution is 5.94. The molecule has 0 unspecified atom stereocenters. The summed E-state index contributed by atoms with van der Waals surface area (Å²) >= 11 is 0. The molecule has 0 radical (unpaired) electrons. The van der Waals surface area contributed by atoms with Crippen LogP contribution in [0.3, 0.4) is 0 Å². The van der Waals surface area contributed by atoms with Gasteiger partial charge in [0.05, 0.1) is 17.8 Å². The lowest BCUT2D eigenvalue weighted by Crippen LogP contribution is -2.24. The molecule has 178 valence electrons. The van der Waals surface area contributed by atoms with Gasteiger partial charge in [0.2, 0.25) is 5.91 Å². The van der Waals surface area contributed by atoms with E-state index < -0.39 is 0 Å². The maximum Gasteiger partial charge on any atom is 0.251 e. The molecule has 8 nitrogen and oxygen atoms in total. The van der Waals surface area contributed by atoms with E-state index >= 15 is 0 Å². The molecule has 3 aromatic heterocycles. The molecule has 0 aliphatic rings. The lowest BCUT2D eigenvalue weighted by Gasteiger charge is -2.12. The van der Waals surface area contributed by atoms with Crippen LogP contribution in [0.1, 0.15) is 51.1 Å². The molecule has 0 atom stereocenters. The van der Waals surface area contributed by atoms with Crippen LogP contribution in [0.15, 0.2) is 54.7 Å². The number of aromatic nitrogens is 3. The third kappa shape index (κ3) is 5.97. The molecule has 4 N–H and O–H groups in total. The number of rotatable bonds is 7. The van der Waals surface area contributed by atoms with Crippen LogP contribution in [-0.2, 0) is 24.3 Å². The van der Waals surface area contributed by atoms with Crippen LogP contribution < -0.4 is 16.4 Å². The van der Waals surface area contributed by atoms with Crippen molar-refractivity contribution in [1.82, 2.24) is 25.6 Å². The fourth-order valence-electron chi connectivity index (χ4n) is 3.99. The Morgan fingerprint density at radius 3 is 2.51 bits per heavy atom. The first-order chi connectivity index (χ1) is 16.8. The van der Waals surface area contributed by atoms with Crippen molar-refractivity contribution in [2.24, 2.45) is 0 Å². The Morgan fingerprint density at radius 1 is 0.914 bits per heavy atom. The van der Waals surface area contributed by atoms with E-state index in [-0.39, 0.29) is 11.8 Å². The fourth-order valence-corrected chi connectivity index (χ4v) is 3.99. The zero-order chi connectivity index (χ0) is 24.9. The number of fused-ring (bicyclic) bond motifs is 1. The monoisotopic (exact) mass is 468 g/mol. The second-order valence-corrected chi connectivity index (χ2v) is 8.56. The van der Waals surface area contributed by atoms with Gasteiger partial charge < -0.3 is 16.4 Å². The standard InChI is InChI=1S/C27H28N6O2/c1-16-10-26(28)32-17(2)24(16)15-31-27(35)21-8-9-29-23(13-21)12-19-4-7-25-20(11-19)5-6-22(33-25)14-30-18(3)34/h4-11,13H,12,14-15H2,1-3H3,(H2,28,32)(H,30,34)(H,31,35). The van der Waals surface area contributed by atoms with Crippen molar-refractivity contribution < 1.29 is 9.59 Å². The van der Waals surface area contributed by atoms with E-state index in [0.717, 1.165) is 44.7 Å². The number of carbonyl (C=O) groups is 2. The summed E-state index contributed by atoms with van der Waals surface area (Å²) in [4.78, 5) is 37.3. The van der Waals surface area contributed by atoms with Gasteiger partial charge >= 0.3 is 0 Å². The highest BCUT2D eigenvalue weighted by atomic mass is 16.2. The van der Waals surface area contributed by atoms with Gasteiger partial charge in [0, 0.05) is 48.4 Å². The molecule has 0 aliphatic carbocycles. The van der Waals surface area contributed by atoms with Gasteiger partial charge in [0.15, 0.2) is 0 Å². The molecule has 0 spiro atoms. The van der Waals surface area contributed by atoms with Crippen molar-refractivity contribution in [3.8, 4) is 0 Å². The number of anilines is 1. The normalized spacial score (nSPS) is 10.8. The van der Waals surface area contributed by atoms with Gasteiger partial charge in [-0.25, -0.2) is 4.98 Å². The van der Waals surface area contributed by atoms with E-state index in [1.807, 2.05) is 50.2 Å². The van der Waals surface area contributed by atoms with E-state index in [0.29, 0.717) is 30.9 Å². The topological polar surface area (TPSA) is 123 Å². The minimum Gasteiger partial charge on any atom is -0.384 e. The Balaban J connectivity index is 1.44. The Labute approximate surface area is 204 Å². The van der Waals surface area contributed by atoms with Crippen molar-refractivity contribution in [3.05, 3.63) is 94.1 Å². The minimum atomic E-state index is -0.168. The molecule has 35 heavy (non-hydrogen) atoms. The molecule has 0 saturated carbocycles. The van der Waals surface area contributed by atoms with Crippen LogP contribution in [0.5, 0.6) is 0 Å². The Hall–Kier alpha value is -4.33. The van der Waals surface area contributed by atoms with Crippen LogP contribution in [0, 0.1) is 13.8 Å². The van der Waals surface area contributed by atoms with E-state index in [4.69, 9.17) is 5.73 Å². The fraction of sp³-hybridized carbons (Fsp3) is 0.222. The first-order valence-corrected chi connectivity index (χ1v) is 11.4. The summed E-state index contributed by atoms with van der Waals surface area (Å²) in [6, 6.07) is 15.3. The second-order valence-electron chi connectivity index (χ2n) is 8.56. The predicted octanol–water partition coefficient (Wildman–Crippen LogP) is 3.38. The SMILES string of the molecule is CC(=O)NCc1ccc2cc(Cc3cc(C(=O)NCc4c(C)cc(N)nc4C)ccn3)ccc2n1. The number of hydrogen-bond acceptors (Lipinski definition) is 6. The Kier molecular flexibility index (Phi) is 7.01. The van der Waals surface area contributed by atoms with E-state index in [1.165, 1.54) is 6.92 Å². The third-order valence-corrected chi connectivity index (χ3v) is 5.79. The van der Waals surface area contributed by atoms with Crippen molar-refractivity contribution in [3.63, 3.8) is 0 Å². The van der Waals surface area contributed by atoms with Crippen LogP contribution in [-0.4, -0.2) is 26.8 Å². The lowest BCUT2D eigenvalue weighted by atomic mass is 10.0. The zero-order valence-electron chi connectivity index (χ0n) is 20.1. The number of carbonyl (C=O) groups excluding carboxylic acids is 2. The number of aryl methyl sites for hydroxylation is 2. The lowest BCUT2D eigenvalue weighted by molar-refractivity contribution is -0.119. The average Bonchev–Trinajstić information content (AvgIpc) is 2.82. The molecule has 0 bridgehead atoms. The van der Waals surface area contributed by atoms with Gasteiger partial charge in [-0.3, -0.25) is 19.6 Å². The van der Waals surface area contributed by atoms with Crippen molar-refractivity contribution in [2.75, 3.05) is 5.73 Å². The summed E-state index contributed by atoms with van der Waals surface area (Å²) < 4.78 is 0. The van der Waals surface area contributed by atoms with Crippen LogP contribution in [0.2, 0.25) is 0 Å². The molecule has 2 amide bonds. The molecule has 0 fully saturated rings. The Bertz CT molecular complexity index is 1390. The number of nitrogens with zero attached hydrogens (tertiary/aromatic N) is 3. The number of nitrogens with one attached hydrogen (secondary N) is 2. The molecule has 0 saturated heterocycles. The largest absolute Gasteiger partial charge is 0.384 e. The highest BCUT2D eigenvalue weighted by Crippen LogP contribution is 2.18. The van der Waals surface area contributed by atoms with Crippen molar-refractivity contribution in [1.29, 1.82) is 0 Å². The summed E-state index contributed by atoms with van der Waals surface area (Å²) in [6.07, 6.45) is 2.24. The number of amides is 2. The molecular formula is C27H28N6O2. The summed E-state index contributed by atoms with van der Waals surface area (Å²) in [5, 5.41) is 6.74. The first-order valence-electron chi connectivity index (χ1n) is 11.4. The van der Waals surface area contributed by atoms with Crippen LogP contribution >= 0.6 is 0 Å². The number of benzene rings is 1. The van der Waals surface area contributed by atoms with E-state index in [1.54, 1.807) is 12.3 Å². The van der Waals surface area contributed by atoms with Crippen LogP contribution in [0.4, 0.5) is 5.82 Å². The third-order valence-electron chi connectivity index (χ3n) is 5.79. The summed E-state index contributed by atoms with van der Waals surface area (Å²) in [7, 11) is 0. The van der Waals surface area contributed by atoms with Gasteiger partial charge in [-0.2, -0.15) is 0 Å². The molecule has 0 aliphatic heterocycles. The van der Waals surface area contributed by atoms with E-state index in [9.17, 15) is 9.59 Å². The number of nitrogen functional groups attached to an aromatic ring is 1. The van der Waals surface area contributed by atoms with E-state index in [2.05, 4.69) is 31.7 Å². The number of pyridine rings is 3. The maximum atomic E-state index is 12.8.